The van der Waals surface area contributed by atoms with Gasteiger partial charge in [0.15, 0.2) is 0 Å². The van der Waals surface area contributed by atoms with E-state index in [-0.39, 0.29) is 17.1 Å². The van der Waals surface area contributed by atoms with Gasteiger partial charge < -0.3 is 0 Å². The molecular formula is C9H20Mn. The maximum Gasteiger partial charge on any atom is 0 e. The van der Waals surface area contributed by atoms with Gasteiger partial charge in [-0.1, -0.05) is 58.8 Å². The molecule has 0 aliphatic heterocycles. The second kappa shape index (κ2) is 12.2. The maximum absolute atomic E-state index is 2.26. The van der Waals surface area contributed by atoms with E-state index in [2.05, 4.69) is 13.8 Å². The first-order valence-corrected chi connectivity index (χ1v) is 4.41. The topological polar surface area (TPSA) is 0 Å². The molecule has 0 heterocycles. The standard InChI is InChI=1S/C9H20.Mn/c1-3-5-7-9-8-6-4-2;/h3-9H2,1-2H3;. The van der Waals surface area contributed by atoms with Crippen molar-refractivity contribution < 1.29 is 17.1 Å². The summed E-state index contributed by atoms with van der Waals surface area (Å²) in [4.78, 5) is 0. The van der Waals surface area contributed by atoms with E-state index in [1.54, 1.807) is 0 Å². The van der Waals surface area contributed by atoms with Crippen molar-refractivity contribution in [2.75, 3.05) is 0 Å². The van der Waals surface area contributed by atoms with Gasteiger partial charge >= 0.3 is 0 Å². The molecule has 0 spiro atoms. The molecular weight excluding hydrogens is 163 g/mol. The van der Waals surface area contributed by atoms with E-state index in [4.69, 9.17) is 0 Å². The van der Waals surface area contributed by atoms with Crippen LogP contribution in [0.2, 0.25) is 0 Å². The van der Waals surface area contributed by atoms with Gasteiger partial charge in [-0.2, -0.15) is 0 Å². The third kappa shape index (κ3) is 11.3. The Labute approximate surface area is 76.3 Å². The predicted molar refractivity (Wildman–Crippen MR) is 43.7 cm³/mol. The van der Waals surface area contributed by atoms with E-state index in [9.17, 15) is 0 Å². The van der Waals surface area contributed by atoms with Crippen molar-refractivity contribution in [2.24, 2.45) is 0 Å². The van der Waals surface area contributed by atoms with Gasteiger partial charge in [0.05, 0.1) is 0 Å². The SMILES string of the molecule is CCCCCCCCC.[Mn]. The summed E-state index contributed by atoms with van der Waals surface area (Å²) in [7, 11) is 0. The summed E-state index contributed by atoms with van der Waals surface area (Å²) in [5.41, 5.74) is 0. The Morgan fingerprint density at radius 2 is 0.900 bits per heavy atom. The molecule has 0 unspecified atom stereocenters. The van der Waals surface area contributed by atoms with Crippen molar-refractivity contribution in [1.82, 2.24) is 0 Å². The third-order valence-electron chi connectivity index (χ3n) is 1.71. The van der Waals surface area contributed by atoms with Crippen molar-refractivity contribution >= 4 is 0 Å². The molecule has 0 N–H and O–H groups in total. The van der Waals surface area contributed by atoms with E-state index in [0.717, 1.165) is 0 Å². The summed E-state index contributed by atoms with van der Waals surface area (Å²) in [6.45, 7) is 4.53. The quantitative estimate of drug-likeness (QED) is 0.434. The van der Waals surface area contributed by atoms with Crippen LogP contribution in [0.4, 0.5) is 0 Å². The van der Waals surface area contributed by atoms with Gasteiger partial charge in [-0.15, -0.1) is 0 Å². The van der Waals surface area contributed by atoms with Crippen molar-refractivity contribution in [2.45, 2.75) is 58.8 Å². The van der Waals surface area contributed by atoms with Crippen molar-refractivity contribution in [3.63, 3.8) is 0 Å². The minimum absolute atomic E-state index is 0. The molecule has 0 amide bonds. The zero-order chi connectivity index (χ0) is 6.95. The number of rotatable bonds is 6. The molecule has 0 atom stereocenters. The van der Waals surface area contributed by atoms with Crippen LogP contribution in [0.15, 0.2) is 0 Å². The van der Waals surface area contributed by atoms with E-state index < -0.39 is 0 Å². The molecule has 0 aromatic rings. The normalized spacial score (nSPS) is 9.00. The van der Waals surface area contributed by atoms with Crippen LogP contribution in [0.1, 0.15) is 58.8 Å². The monoisotopic (exact) mass is 183 g/mol. The van der Waals surface area contributed by atoms with Gasteiger partial charge in [0.2, 0.25) is 0 Å². The van der Waals surface area contributed by atoms with Gasteiger partial charge in [-0.3, -0.25) is 0 Å². The summed E-state index contributed by atoms with van der Waals surface area (Å²) in [5, 5.41) is 0. The Morgan fingerprint density at radius 1 is 0.600 bits per heavy atom. The first-order chi connectivity index (χ1) is 4.41. The van der Waals surface area contributed by atoms with Gasteiger partial charge in [-0.25, -0.2) is 0 Å². The van der Waals surface area contributed by atoms with Gasteiger partial charge in [0, 0.05) is 17.1 Å². The number of hydrogen-bond acceptors (Lipinski definition) is 0. The Morgan fingerprint density at radius 3 is 1.20 bits per heavy atom. The Hall–Kier alpha value is 0.519. The Kier molecular flexibility index (Phi) is 16.0. The van der Waals surface area contributed by atoms with E-state index in [0.29, 0.717) is 0 Å². The largest absolute Gasteiger partial charge is 0.0654 e. The fourth-order valence-corrected chi connectivity index (χ4v) is 1.03. The summed E-state index contributed by atoms with van der Waals surface area (Å²) in [6.07, 6.45) is 9.97. The second-order valence-corrected chi connectivity index (χ2v) is 2.77. The van der Waals surface area contributed by atoms with Crippen molar-refractivity contribution in [3.05, 3.63) is 0 Å². The Balaban J connectivity index is 0. The summed E-state index contributed by atoms with van der Waals surface area (Å²) >= 11 is 0. The molecule has 1 heteroatoms. The number of hydrogen-bond donors (Lipinski definition) is 0. The van der Waals surface area contributed by atoms with Crippen LogP contribution in [0.25, 0.3) is 0 Å². The molecule has 0 bridgehead atoms. The fourth-order valence-electron chi connectivity index (χ4n) is 1.03. The summed E-state index contributed by atoms with van der Waals surface area (Å²) in [5.74, 6) is 0. The van der Waals surface area contributed by atoms with Crippen LogP contribution in [-0.4, -0.2) is 0 Å². The first-order valence-electron chi connectivity index (χ1n) is 4.41. The molecule has 63 valence electrons. The molecule has 0 aromatic heterocycles. The molecule has 0 saturated heterocycles. The molecule has 10 heavy (non-hydrogen) atoms. The zero-order valence-electron chi connectivity index (χ0n) is 7.33. The molecule has 0 aliphatic rings. The minimum atomic E-state index is 0. The second-order valence-electron chi connectivity index (χ2n) is 2.77. The number of unbranched alkanes of at least 4 members (excludes halogenated alkanes) is 6. The smallest absolute Gasteiger partial charge is 0 e. The average molecular weight is 183 g/mol. The van der Waals surface area contributed by atoms with Crippen molar-refractivity contribution in [3.8, 4) is 0 Å². The maximum atomic E-state index is 2.26. The van der Waals surface area contributed by atoms with Crippen LogP contribution >= 0.6 is 0 Å². The molecule has 0 rings (SSSR count). The van der Waals surface area contributed by atoms with Crippen LogP contribution in [0.3, 0.4) is 0 Å². The van der Waals surface area contributed by atoms with E-state index in [1.807, 2.05) is 0 Å². The molecule has 0 nitrogen and oxygen atoms in total. The van der Waals surface area contributed by atoms with Crippen LogP contribution in [0, 0.1) is 0 Å². The van der Waals surface area contributed by atoms with Gasteiger partial charge in [0.1, 0.15) is 0 Å². The molecule has 0 saturated carbocycles. The van der Waals surface area contributed by atoms with Gasteiger partial charge in [-0.05, 0) is 0 Å². The van der Waals surface area contributed by atoms with Crippen LogP contribution in [0.5, 0.6) is 0 Å². The minimum Gasteiger partial charge on any atom is -0.0654 e. The molecule has 1 radical (unpaired) electrons. The van der Waals surface area contributed by atoms with Crippen LogP contribution < -0.4 is 0 Å². The van der Waals surface area contributed by atoms with E-state index >= 15 is 0 Å². The molecule has 0 aromatic carbocycles. The molecule has 0 fully saturated rings. The van der Waals surface area contributed by atoms with Crippen molar-refractivity contribution in [1.29, 1.82) is 0 Å². The molecule has 0 aliphatic carbocycles. The fraction of sp³-hybridized carbons (Fsp3) is 1.00. The summed E-state index contributed by atoms with van der Waals surface area (Å²) < 4.78 is 0. The average Bonchev–Trinajstić information content (AvgIpc) is 1.89. The summed E-state index contributed by atoms with van der Waals surface area (Å²) in [6, 6.07) is 0. The third-order valence-corrected chi connectivity index (χ3v) is 1.71. The van der Waals surface area contributed by atoms with E-state index in [1.165, 1.54) is 44.9 Å². The van der Waals surface area contributed by atoms with Gasteiger partial charge in [0.25, 0.3) is 0 Å². The Bertz CT molecular complexity index is 38.0. The zero-order valence-corrected chi connectivity index (χ0v) is 8.51. The van der Waals surface area contributed by atoms with Crippen LogP contribution in [-0.2, 0) is 17.1 Å². The first kappa shape index (κ1) is 13.1. The predicted octanol–water partition coefficient (Wildman–Crippen LogP) is 3.75.